The minimum absolute atomic E-state index is 0.254. The first-order chi connectivity index (χ1) is 10.5. The van der Waals surface area contributed by atoms with Crippen molar-refractivity contribution in [1.82, 2.24) is 4.72 Å². The Bertz CT molecular complexity index is 795. The molecule has 0 amide bonds. The van der Waals surface area contributed by atoms with E-state index in [4.69, 9.17) is 0 Å². The lowest BCUT2D eigenvalue weighted by Crippen LogP contribution is -2.45. The second-order valence-corrected chi connectivity index (χ2v) is 8.56. The van der Waals surface area contributed by atoms with Crippen molar-refractivity contribution in [3.63, 3.8) is 0 Å². The van der Waals surface area contributed by atoms with Gasteiger partial charge in [-0.25, -0.2) is 8.42 Å². The molecule has 0 aliphatic carbocycles. The standard InChI is InChI=1S/C15H14Br2N2O2S/c16-11-8-12(17)15-13(9-11)22(20,21)19-14(18-15)7-6-10-4-2-1-3-5-10/h1-5,8-9,14,18-19H,6-7H2. The zero-order valence-electron chi connectivity index (χ0n) is 11.5. The molecule has 2 aromatic rings. The summed E-state index contributed by atoms with van der Waals surface area (Å²) in [5.41, 5.74) is 1.80. The molecule has 0 aromatic heterocycles. The van der Waals surface area contributed by atoms with E-state index in [-0.39, 0.29) is 11.1 Å². The lowest BCUT2D eigenvalue weighted by atomic mass is 10.1. The van der Waals surface area contributed by atoms with Crippen LogP contribution in [0.1, 0.15) is 12.0 Å². The third-order valence-electron chi connectivity index (χ3n) is 3.49. The first-order valence-corrected chi connectivity index (χ1v) is 9.84. The molecule has 1 aliphatic rings. The van der Waals surface area contributed by atoms with Crippen LogP contribution in [-0.2, 0) is 16.4 Å². The Balaban J connectivity index is 1.83. The average Bonchev–Trinajstić information content (AvgIpc) is 2.47. The van der Waals surface area contributed by atoms with Crippen molar-refractivity contribution in [3.8, 4) is 0 Å². The van der Waals surface area contributed by atoms with Crippen LogP contribution in [0.15, 0.2) is 56.3 Å². The maximum atomic E-state index is 12.4. The molecule has 7 heteroatoms. The van der Waals surface area contributed by atoms with Gasteiger partial charge in [0, 0.05) is 8.95 Å². The molecule has 0 saturated carbocycles. The van der Waals surface area contributed by atoms with Gasteiger partial charge in [-0.05, 0) is 46.5 Å². The summed E-state index contributed by atoms with van der Waals surface area (Å²) >= 11 is 6.74. The van der Waals surface area contributed by atoms with E-state index in [0.717, 1.165) is 10.9 Å². The number of halogens is 2. The van der Waals surface area contributed by atoms with E-state index >= 15 is 0 Å². The van der Waals surface area contributed by atoms with Gasteiger partial charge in [-0.1, -0.05) is 46.3 Å². The Kier molecular flexibility index (Phi) is 4.59. The summed E-state index contributed by atoms with van der Waals surface area (Å²) in [6.45, 7) is 0. The van der Waals surface area contributed by atoms with Gasteiger partial charge in [0.2, 0.25) is 10.0 Å². The molecular formula is C15H14Br2N2O2S. The molecular weight excluding hydrogens is 432 g/mol. The number of aryl methyl sites for hydroxylation is 1. The number of fused-ring (bicyclic) bond motifs is 1. The molecule has 0 spiro atoms. The Hall–Kier alpha value is -0.890. The van der Waals surface area contributed by atoms with E-state index in [0.29, 0.717) is 16.6 Å². The van der Waals surface area contributed by atoms with Crippen LogP contribution in [0.25, 0.3) is 0 Å². The Labute approximate surface area is 146 Å². The van der Waals surface area contributed by atoms with Crippen molar-refractivity contribution in [1.29, 1.82) is 0 Å². The lowest BCUT2D eigenvalue weighted by Gasteiger charge is -2.29. The summed E-state index contributed by atoms with van der Waals surface area (Å²) in [7, 11) is -3.51. The van der Waals surface area contributed by atoms with Gasteiger partial charge in [0.05, 0.1) is 11.9 Å². The number of nitrogens with one attached hydrogen (secondary N) is 2. The molecule has 0 bridgehead atoms. The molecule has 0 radical (unpaired) electrons. The van der Waals surface area contributed by atoms with Gasteiger partial charge >= 0.3 is 0 Å². The zero-order valence-corrected chi connectivity index (χ0v) is 15.5. The predicted octanol–water partition coefficient (Wildman–Crippen LogP) is 3.87. The summed E-state index contributed by atoms with van der Waals surface area (Å²) in [5.74, 6) is 0. The molecule has 0 fully saturated rings. The average molecular weight is 446 g/mol. The van der Waals surface area contributed by atoms with Gasteiger partial charge in [-0.3, -0.25) is 0 Å². The monoisotopic (exact) mass is 444 g/mol. The maximum absolute atomic E-state index is 12.4. The SMILES string of the molecule is O=S1(=O)NC(CCc2ccccc2)Nc2c(Br)cc(Br)cc21. The van der Waals surface area contributed by atoms with Crippen molar-refractivity contribution in [3.05, 3.63) is 57.0 Å². The van der Waals surface area contributed by atoms with Crippen molar-refractivity contribution in [2.24, 2.45) is 0 Å². The first-order valence-electron chi connectivity index (χ1n) is 6.77. The number of rotatable bonds is 3. The molecule has 1 unspecified atom stereocenters. The van der Waals surface area contributed by atoms with Crippen molar-refractivity contribution in [2.75, 3.05) is 5.32 Å². The Morgan fingerprint density at radius 2 is 1.82 bits per heavy atom. The Morgan fingerprint density at radius 1 is 1.09 bits per heavy atom. The van der Waals surface area contributed by atoms with Crippen molar-refractivity contribution in [2.45, 2.75) is 23.9 Å². The maximum Gasteiger partial charge on any atom is 0.244 e. The van der Waals surface area contributed by atoms with Gasteiger partial charge in [0.25, 0.3) is 0 Å². The molecule has 1 heterocycles. The second kappa shape index (κ2) is 6.31. The fourth-order valence-corrected chi connectivity index (χ4v) is 5.46. The third kappa shape index (κ3) is 3.37. The highest BCUT2D eigenvalue weighted by molar-refractivity contribution is 9.11. The number of anilines is 1. The van der Waals surface area contributed by atoms with Crippen LogP contribution in [0, 0.1) is 0 Å². The first kappa shape index (κ1) is 16.0. The molecule has 116 valence electrons. The highest BCUT2D eigenvalue weighted by atomic mass is 79.9. The Morgan fingerprint density at radius 3 is 2.55 bits per heavy atom. The quantitative estimate of drug-likeness (QED) is 0.753. The molecule has 1 aliphatic heterocycles. The minimum Gasteiger partial charge on any atom is -0.367 e. The summed E-state index contributed by atoms with van der Waals surface area (Å²) in [6.07, 6.45) is 1.14. The van der Waals surface area contributed by atoms with E-state index in [1.807, 2.05) is 36.4 Å². The van der Waals surface area contributed by atoms with Crippen LogP contribution in [0.5, 0.6) is 0 Å². The second-order valence-electron chi connectivity index (χ2n) is 5.10. The zero-order chi connectivity index (χ0) is 15.7. The van der Waals surface area contributed by atoms with Crippen molar-refractivity contribution >= 4 is 47.6 Å². The van der Waals surface area contributed by atoms with Gasteiger partial charge in [-0.15, -0.1) is 0 Å². The highest BCUT2D eigenvalue weighted by Crippen LogP contribution is 2.36. The number of hydrogen-bond donors (Lipinski definition) is 2. The summed E-state index contributed by atoms with van der Waals surface area (Å²) in [5, 5.41) is 3.26. The summed E-state index contributed by atoms with van der Waals surface area (Å²) in [4.78, 5) is 0.254. The van der Waals surface area contributed by atoms with Gasteiger partial charge < -0.3 is 5.32 Å². The van der Waals surface area contributed by atoms with Gasteiger partial charge in [0.15, 0.2) is 0 Å². The summed E-state index contributed by atoms with van der Waals surface area (Å²) in [6, 6.07) is 13.4. The minimum atomic E-state index is -3.51. The number of sulfonamides is 1. The molecule has 22 heavy (non-hydrogen) atoms. The summed E-state index contributed by atoms with van der Waals surface area (Å²) < 4.78 is 29.0. The van der Waals surface area contributed by atoms with Gasteiger partial charge in [0.1, 0.15) is 4.90 Å². The van der Waals surface area contributed by atoms with Crippen LogP contribution in [0.3, 0.4) is 0 Å². The third-order valence-corrected chi connectivity index (χ3v) is 6.07. The highest BCUT2D eigenvalue weighted by Gasteiger charge is 2.30. The van der Waals surface area contributed by atoms with Crippen LogP contribution < -0.4 is 10.0 Å². The van der Waals surface area contributed by atoms with Crippen LogP contribution in [0.4, 0.5) is 5.69 Å². The number of benzene rings is 2. The molecule has 4 nitrogen and oxygen atoms in total. The van der Waals surface area contributed by atoms with E-state index in [2.05, 4.69) is 41.9 Å². The normalized spacial score (nSPS) is 19.3. The predicted molar refractivity (Wildman–Crippen MR) is 94.3 cm³/mol. The van der Waals surface area contributed by atoms with E-state index in [1.54, 1.807) is 6.07 Å². The largest absolute Gasteiger partial charge is 0.367 e. The fourth-order valence-electron chi connectivity index (χ4n) is 2.44. The lowest BCUT2D eigenvalue weighted by molar-refractivity contribution is 0.542. The molecule has 0 saturated heterocycles. The van der Waals surface area contributed by atoms with Crippen LogP contribution in [0.2, 0.25) is 0 Å². The molecule has 1 atom stereocenters. The van der Waals surface area contributed by atoms with Crippen molar-refractivity contribution < 1.29 is 8.42 Å². The molecule has 2 aromatic carbocycles. The van der Waals surface area contributed by atoms with Crippen LogP contribution >= 0.6 is 31.9 Å². The van der Waals surface area contributed by atoms with E-state index < -0.39 is 10.0 Å². The fraction of sp³-hybridized carbons (Fsp3) is 0.200. The molecule has 3 rings (SSSR count). The van der Waals surface area contributed by atoms with E-state index in [1.165, 1.54) is 5.56 Å². The topological polar surface area (TPSA) is 58.2 Å². The van der Waals surface area contributed by atoms with Crippen LogP contribution in [-0.4, -0.2) is 14.6 Å². The smallest absolute Gasteiger partial charge is 0.244 e. The number of hydrogen-bond acceptors (Lipinski definition) is 3. The molecule has 2 N–H and O–H groups in total. The van der Waals surface area contributed by atoms with Gasteiger partial charge in [-0.2, -0.15) is 4.72 Å². The van der Waals surface area contributed by atoms with E-state index in [9.17, 15) is 8.42 Å².